The van der Waals surface area contributed by atoms with Gasteiger partial charge in [-0.1, -0.05) is 22.0 Å². The second kappa shape index (κ2) is 4.54. The van der Waals surface area contributed by atoms with Gasteiger partial charge in [-0.3, -0.25) is 0 Å². The zero-order valence-electron chi connectivity index (χ0n) is 9.00. The molecule has 0 radical (unpaired) electrons. The van der Waals surface area contributed by atoms with Gasteiger partial charge in [-0.25, -0.2) is 9.78 Å². The molecule has 2 rings (SSSR count). The minimum absolute atomic E-state index is 0.298. The maximum Gasteiger partial charge on any atom is 0.111 e. The van der Waals surface area contributed by atoms with Crippen LogP contribution in [-0.4, -0.2) is 13.2 Å². The highest BCUT2D eigenvalue weighted by molar-refractivity contribution is 9.10. The summed E-state index contributed by atoms with van der Waals surface area (Å²) in [4.78, 5) is 9.83. The molecule has 0 spiro atoms. The van der Waals surface area contributed by atoms with Crippen LogP contribution in [-0.2, 0) is 15.2 Å². The molecule has 0 amide bonds. The third-order valence-electron chi connectivity index (χ3n) is 2.92. The molecule has 0 saturated carbocycles. The van der Waals surface area contributed by atoms with Crippen LogP contribution in [0.25, 0.3) is 0 Å². The van der Waals surface area contributed by atoms with Crippen LogP contribution >= 0.6 is 15.9 Å². The first kappa shape index (κ1) is 11.6. The van der Waals surface area contributed by atoms with E-state index in [1.165, 1.54) is 0 Å². The van der Waals surface area contributed by atoms with Crippen LogP contribution in [0.3, 0.4) is 0 Å². The summed E-state index contributed by atoms with van der Waals surface area (Å²) in [7, 11) is 0. The Bertz CT molecular complexity index is 433. The molecule has 1 heterocycles. The van der Waals surface area contributed by atoms with Crippen molar-refractivity contribution in [3.05, 3.63) is 33.8 Å². The van der Waals surface area contributed by atoms with E-state index in [9.17, 15) is 5.26 Å². The smallest absolute Gasteiger partial charge is 0.111 e. The van der Waals surface area contributed by atoms with Crippen LogP contribution in [0.15, 0.2) is 22.7 Å². The van der Waals surface area contributed by atoms with Crippen molar-refractivity contribution in [1.82, 2.24) is 0 Å². The number of nitriles is 1. The molecule has 1 unspecified atom stereocenters. The Hall–Kier alpha value is -0.890. The van der Waals surface area contributed by atoms with Crippen LogP contribution < -0.4 is 0 Å². The van der Waals surface area contributed by atoms with Crippen molar-refractivity contribution in [2.75, 3.05) is 13.2 Å². The molecule has 1 atom stereocenters. The van der Waals surface area contributed by atoms with E-state index in [4.69, 9.17) is 9.78 Å². The molecule has 1 aromatic rings. The van der Waals surface area contributed by atoms with Crippen LogP contribution in [0.5, 0.6) is 0 Å². The van der Waals surface area contributed by atoms with Gasteiger partial charge in [-0.2, -0.15) is 5.26 Å². The Morgan fingerprint density at radius 1 is 1.44 bits per heavy atom. The summed E-state index contributed by atoms with van der Waals surface area (Å²) in [6.45, 7) is 2.77. The molecule has 0 aliphatic carbocycles. The lowest BCUT2D eigenvalue weighted by atomic mass is 9.77. The van der Waals surface area contributed by atoms with Gasteiger partial charge in [0.2, 0.25) is 0 Å². The van der Waals surface area contributed by atoms with Crippen molar-refractivity contribution in [3.63, 3.8) is 0 Å². The minimum atomic E-state index is -0.566. The first-order valence-corrected chi connectivity index (χ1v) is 5.89. The highest BCUT2D eigenvalue weighted by atomic mass is 79.9. The van der Waals surface area contributed by atoms with E-state index in [2.05, 4.69) is 22.0 Å². The van der Waals surface area contributed by atoms with Gasteiger partial charge in [-0.15, -0.1) is 0 Å². The second-order valence-corrected chi connectivity index (χ2v) is 4.90. The van der Waals surface area contributed by atoms with Crippen LogP contribution in [0, 0.1) is 18.3 Å². The number of halogens is 1. The molecule has 1 aliphatic rings. The van der Waals surface area contributed by atoms with Crippen LogP contribution in [0.1, 0.15) is 17.5 Å². The highest BCUT2D eigenvalue weighted by Crippen LogP contribution is 2.34. The number of benzene rings is 1. The highest BCUT2D eigenvalue weighted by Gasteiger charge is 2.37. The van der Waals surface area contributed by atoms with Gasteiger partial charge in [0.05, 0.1) is 12.7 Å². The van der Waals surface area contributed by atoms with E-state index in [1.54, 1.807) is 0 Å². The van der Waals surface area contributed by atoms with E-state index < -0.39 is 5.41 Å². The van der Waals surface area contributed by atoms with Gasteiger partial charge in [-0.05, 0) is 36.6 Å². The van der Waals surface area contributed by atoms with Crippen LogP contribution in [0.4, 0.5) is 0 Å². The van der Waals surface area contributed by atoms with Crippen molar-refractivity contribution < 1.29 is 9.78 Å². The normalized spacial score (nSPS) is 25.1. The fraction of sp³-hybridized carbons (Fsp3) is 0.417. The summed E-state index contributed by atoms with van der Waals surface area (Å²) < 4.78 is 1.02. The van der Waals surface area contributed by atoms with Gasteiger partial charge < -0.3 is 0 Å². The first-order valence-electron chi connectivity index (χ1n) is 5.10. The van der Waals surface area contributed by atoms with E-state index in [0.29, 0.717) is 19.6 Å². The number of aryl methyl sites for hydroxylation is 1. The third kappa shape index (κ3) is 1.99. The molecule has 3 nitrogen and oxygen atoms in total. The number of nitrogens with zero attached hydrogens (tertiary/aromatic N) is 1. The minimum Gasteiger partial charge on any atom is -0.237 e. The molecule has 1 aromatic carbocycles. The van der Waals surface area contributed by atoms with Gasteiger partial charge >= 0.3 is 0 Å². The summed E-state index contributed by atoms with van der Waals surface area (Å²) in [5.41, 5.74) is 1.56. The maximum atomic E-state index is 9.39. The molecule has 0 aromatic heterocycles. The average molecular weight is 282 g/mol. The third-order valence-corrected chi connectivity index (χ3v) is 3.41. The topological polar surface area (TPSA) is 42.2 Å². The molecule has 1 fully saturated rings. The molecule has 16 heavy (non-hydrogen) atoms. The number of hydrogen-bond donors (Lipinski definition) is 0. The lowest BCUT2D eigenvalue weighted by molar-refractivity contribution is -0.324. The number of hydrogen-bond acceptors (Lipinski definition) is 3. The monoisotopic (exact) mass is 281 g/mol. The predicted octanol–water partition coefficient (Wildman–Crippen LogP) is 2.87. The summed E-state index contributed by atoms with van der Waals surface area (Å²) in [6.07, 6.45) is 0.673. The largest absolute Gasteiger partial charge is 0.237 e. The fourth-order valence-electron chi connectivity index (χ4n) is 2.01. The van der Waals surface area contributed by atoms with Crippen molar-refractivity contribution in [2.45, 2.75) is 18.8 Å². The lowest BCUT2D eigenvalue weighted by Crippen LogP contribution is -2.36. The van der Waals surface area contributed by atoms with Crippen molar-refractivity contribution in [2.24, 2.45) is 0 Å². The SMILES string of the molecule is Cc1cc(Br)ccc1C1(C#N)CCOOC1. The van der Waals surface area contributed by atoms with Crippen LogP contribution in [0.2, 0.25) is 0 Å². The Labute approximate surface area is 103 Å². The zero-order chi connectivity index (χ0) is 11.6. The van der Waals surface area contributed by atoms with Gasteiger partial charge in [0, 0.05) is 4.47 Å². The predicted molar refractivity (Wildman–Crippen MR) is 62.7 cm³/mol. The molecule has 0 N–H and O–H groups in total. The average Bonchev–Trinajstić information content (AvgIpc) is 2.30. The fourth-order valence-corrected chi connectivity index (χ4v) is 2.49. The molecular weight excluding hydrogens is 270 g/mol. The lowest BCUT2D eigenvalue weighted by Gasteiger charge is -2.31. The van der Waals surface area contributed by atoms with E-state index in [-0.39, 0.29) is 0 Å². The Balaban J connectivity index is 2.44. The van der Waals surface area contributed by atoms with Crippen molar-refractivity contribution >= 4 is 15.9 Å². The molecule has 84 valence electrons. The maximum absolute atomic E-state index is 9.39. The zero-order valence-corrected chi connectivity index (χ0v) is 10.6. The molecule has 1 saturated heterocycles. The van der Waals surface area contributed by atoms with E-state index in [0.717, 1.165) is 15.6 Å². The van der Waals surface area contributed by atoms with Crippen molar-refractivity contribution in [3.8, 4) is 6.07 Å². The quantitative estimate of drug-likeness (QED) is 0.744. The first-order chi connectivity index (χ1) is 7.68. The van der Waals surface area contributed by atoms with Gasteiger partial charge in [0.1, 0.15) is 12.0 Å². The molecule has 0 bridgehead atoms. The number of rotatable bonds is 1. The summed E-state index contributed by atoms with van der Waals surface area (Å²) >= 11 is 3.42. The summed E-state index contributed by atoms with van der Waals surface area (Å²) in [6, 6.07) is 8.33. The van der Waals surface area contributed by atoms with E-state index >= 15 is 0 Å². The molecule has 4 heteroatoms. The van der Waals surface area contributed by atoms with Crippen molar-refractivity contribution in [1.29, 1.82) is 5.26 Å². The molecule has 1 aliphatic heterocycles. The van der Waals surface area contributed by atoms with E-state index in [1.807, 2.05) is 25.1 Å². The Morgan fingerprint density at radius 2 is 2.25 bits per heavy atom. The Kier molecular flexibility index (Phi) is 3.29. The Morgan fingerprint density at radius 3 is 2.81 bits per heavy atom. The van der Waals surface area contributed by atoms with Gasteiger partial charge in [0.15, 0.2) is 0 Å². The van der Waals surface area contributed by atoms with Gasteiger partial charge in [0.25, 0.3) is 0 Å². The molecular formula is C12H12BrNO2. The summed E-state index contributed by atoms with van der Waals surface area (Å²) in [5, 5.41) is 9.39. The summed E-state index contributed by atoms with van der Waals surface area (Å²) in [5.74, 6) is 0. The second-order valence-electron chi connectivity index (χ2n) is 3.99. The standard InChI is InChI=1S/C12H12BrNO2/c1-9-6-10(13)2-3-11(9)12(7-14)4-5-15-16-8-12/h2-3,6H,4-5,8H2,1H3.